The number of rotatable bonds is 2. The van der Waals surface area contributed by atoms with Gasteiger partial charge in [-0.05, 0) is 5.92 Å². The number of hydrogen-bond acceptors (Lipinski definition) is 5. The van der Waals surface area contributed by atoms with Gasteiger partial charge in [0.2, 0.25) is 5.90 Å². The van der Waals surface area contributed by atoms with Crippen LogP contribution in [0.1, 0.15) is 19.5 Å². The van der Waals surface area contributed by atoms with Crippen LogP contribution >= 0.6 is 0 Å². The molecular weight excluding hydrogens is 230 g/mol. The zero-order valence-electron chi connectivity index (χ0n) is 10.7. The van der Waals surface area contributed by atoms with Crippen molar-refractivity contribution in [3.63, 3.8) is 0 Å². The molecule has 0 bridgehead atoms. The van der Waals surface area contributed by atoms with E-state index in [0.29, 0.717) is 24.1 Å². The van der Waals surface area contributed by atoms with E-state index >= 15 is 0 Å². The van der Waals surface area contributed by atoms with Gasteiger partial charge in [0.1, 0.15) is 18.5 Å². The number of hydrogen-bond donors (Lipinski definition) is 0. The molecule has 0 saturated carbocycles. The van der Waals surface area contributed by atoms with Crippen LogP contribution in [0.5, 0.6) is 0 Å². The van der Waals surface area contributed by atoms with Crippen molar-refractivity contribution in [2.24, 2.45) is 18.0 Å². The first-order valence-electron chi connectivity index (χ1n) is 6.00. The Morgan fingerprint density at radius 1 is 1.33 bits per heavy atom. The SMILES string of the molecule is CC(C)C1COC(c2ncnc3ncn(C)c23)=N1. The molecule has 1 aliphatic heterocycles. The fourth-order valence-electron chi connectivity index (χ4n) is 2.00. The molecule has 0 N–H and O–H groups in total. The van der Waals surface area contributed by atoms with E-state index in [-0.39, 0.29) is 6.04 Å². The highest BCUT2D eigenvalue weighted by molar-refractivity contribution is 6.02. The van der Waals surface area contributed by atoms with E-state index in [2.05, 4.69) is 33.8 Å². The third-order valence-corrected chi connectivity index (χ3v) is 3.15. The maximum absolute atomic E-state index is 5.66. The van der Waals surface area contributed by atoms with Crippen molar-refractivity contribution in [2.45, 2.75) is 19.9 Å². The topological polar surface area (TPSA) is 65.2 Å². The first kappa shape index (κ1) is 11.1. The van der Waals surface area contributed by atoms with Crippen molar-refractivity contribution in [3.8, 4) is 0 Å². The van der Waals surface area contributed by atoms with Gasteiger partial charge in [0.25, 0.3) is 0 Å². The highest BCUT2D eigenvalue weighted by Crippen LogP contribution is 2.20. The minimum absolute atomic E-state index is 0.207. The van der Waals surface area contributed by atoms with Crippen molar-refractivity contribution < 1.29 is 4.74 Å². The molecule has 18 heavy (non-hydrogen) atoms. The van der Waals surface area contributed by atoms with Gasteiger partial charge in [-0.3, -0.25) is 0 Å². The number of aryl methyl sites for hydroxylation is 1. The first-order chi connectivity index (χ1) is 8.66. The Hall–Kier alpha value is -1.98. The van der Waals surface area contributed by atoms with E-state index < -0.39 is 0 Å². The van der Waals surface area contributed by atoms with Crippen LogP contribution in [0.4, 0.5) is 0 Å². The maximum Gasteiger partial charge on any atom is 0.238 e. The summed E-state index contributed by atoms with van der Waals surface area (Å²) in [5, 5.41) is 0. The Balaban J connectivity index is 2.10. The summed E-state index contributed by atoms with van der Waals surface area (Å²) >= 11 is 0. The third-order valence-electron chi connectivity index (χ3n) is 3.15. The van der Waals surface area contributed by atoms with Gasteiger partial charge < -0.3 is 9.30 Å². The lowest BCUT2D eigenvalue weighted by molar-refractivity contribution is 0.291. The van der Waals surface area contributed by atoms with Crippen molar-refractivity contribution in [1.82, 2.24) is 19.5 Å². The molecule has 6 heteroatoms. The van der Waals surface area contributed by atoms with E-state index in [1.165, 1.54) is 6.33 Å². The smallest absolute Gasteiger partial charge is 0.238 e. The van der Waals surface area contributed by atoms with Gasteiger partial charge >= 0.3 is 0 Å². The van der Waals surface area contributed by atoms with Crippen LogP contribution in [-0.2, 0) is 11.8 Å². The molecule has 2 aromatic heterocycles. The average molecular weight is 245 g/mol. The molecule has 0 radical (unpaired) electrons. The zero-order chi connectivity index (χ0) is 12.7. The van der Waals surface area contributed by atoms with Crippen LogP contribution in [-0.4, -0.2) is 38.1 Å². The predicted molar refractivity (Wildman–Crippen MR) is 67.4 cm³/mol. The molecule has 0 aromatic carbocycles. The lowest BCUT2D eigenvalue weighted by atomic mass is 10.1. The Morgan fingerprint density at radius 3 is 2.89 bits per heavy atom. The van der Waals surface area contributed by atoms with Crippen molar-refractivity contribution >= 4 is 17.1 Å². The Bertz CT molecular complexity index is 616. The van der Waals surface area contributed by atoms with Crippen LogP contribution in [0.2, 0.25) is 0 Å². The Kier molecular flexibility index (Phi) is 2.50. The summed E-state index contributed by atoms with van der Waals surface area (Å²) < 4.78 is 7.55. The van der Waals surface area contributed by atoms with Crippen molar-refractivity contribution in [2.75, 3.05) is 6.61 Å². The summed E-state index contributed by atoms with van der Waals surface area (Å²) in [5.41, 5.74) is 2.26. The molecule has 6 nitrogen and oxygen atoms in total. The number of fused-ring (bicyclic) bond motifs is 1. The molecule has 94 valence electrons. The summed E-state index contributed by atoms with van der Waals surface area (Å²) in [5.74, 6) is 1.07. The van der Waals surface area contributed by atoms with Crippen molar-refractivity contribution in [1.29, 1.82) is 0 Å². The fourth-order valence-corrected chi connectivity index (χ4v) is 2.00. The third kappa shape index (κ3) is 1.64. The van der Waals surface area contributed by atoms with Crippen LogP contribution in [0.25, 0.3) is 11.2 Å². The summed E-state index contributed by atoms with van der Waals surface area (Å²) in [6, 6.07) is 0.207. The molecule has 1 unspecified atom stereocenters. The van der Waals surface area contributed by atoms with Crippen LogP contribution in [0, 0.1) is 5.92 Å². The second-order valence-corrected chi connectivity index (χ2v) is 4.81. The molecule has 1 aliphatic rings. The molecule has 2 aromatic rings. The molecule has 1 atom stereocenters. The van der Waals surface area contributed by atoms with E-state index in [1.54, 1.807) is 6.33 Å². The normalized spacial score (nSPS) is 19.3. The summed E-state index contributed by atoms with van der Waals surface area (Å²) in [4.78, 5) is 17.2. The highest BCUT2D eigenvalue weighted by atomic mass is 16.5. The van der Waals surface area contributed by atoms with E-state index in [1.807, 2.05) is 11.6 Å². The largest absolute Gasteiger partial charge is 0.474 e. The van der Waals surface area contributed by atoms with Crippen LogP contribution in [0.3, 0.4) is 0 Å². The van der Waals surface area contributed by atoms with Gasteiger partial charge in [-0.1, -0.05) is 13.8 Å². The molecule has 0 aliphatic carbocycles. The fraction of sp³-hybridized carbons (Fsp3) is 0.500. The quantitative estimate of drug-likeness (QED) is 0.796. The minimum Gasteiger partial charge on any atom is -0.474 e. The van der Waals surface area contributed by atoms with Gasteiger partial charge in [0.15, 0.2) is 11.3 Å². The summed E-state index contributed by atoms with van der Waals surface area (Å²) in [7, 11) is 1.91. The molecule has 0 fully saturated rings. The molecule has 0 spiro atoms. The number of nitrogens with zero attached hydrogens (tertiary/aromatic N) is 5. The van der Waals surface area contributed by atoms with Gasteiger partial charge in [-0.2, -0.15) is 0 Å². The monoisotopic (exact) mass is 245 g/mol. The van der Waals surface area contributed by atoms with Gasteiger partial charge in [-0.25, -0.2) is 19.9 Å². The molecule has 3 rings (SSSR count). The van der Waals surface area contributed by atoms with Gasteiger partial charge in [-0.15, -0.1) is 0 Å². The van der Waals surface area contributed by atoms with Crippen LogP contribution in [0.15, 0.2) is 17.6 Å². The standard InChI is InChI=1S/C12H15N5O/c1-7(2)8-4-18-12(16-8)9-10-11(14-5-13-9)15-6-17(10)3/h5-8H,4H2,1-3H3. The molecule has 0 saturated heterocycles. The number of aromatic nitrogens is 4. The second kappa shape index (κ2) is 4.04. The lowest BCUT2D eigenvalue weighted by Gasteiger charge is -2.06. The summed E-state index contributed by atoms with van der Waals surface area (Å²) in [6.45, 7) is 4.90. The number of ether oxygens (including phenoxy) is 1. The lowest BCUT2D eigenvalue weighted by Crippen LogP contribution is -2.13. The minimum atomic E-state index is 0.207. The molecular formula is C12H15N5O. The van der Waals surface area contributed by atoms with E-state index in [0.717, 1.165) is 11.2 Å². The Labute approximate surface area is 105 Å². The van der Waals surface area contributed by atoms with Gasteiger partial charge in [0, 0.05) is 7.05 Å². The summed E-state index contributed by atoms with van der Waals surface area (Å²) in [6.07, 6.45) is 3.22. The predicted octanol–water partition coefficient (Wildman–Crippen LogP) is 1.16. The second-order valence-electron chi connectivity index (χ2n) is 4.81. The number of aliphatic imine (C=N–C) groups is 1. The highest BCUT2D eigenvalue weighted by Gasteiger charge is 2.25. The molecule has 0 amide bonds. The van der Waals surface area contributed by atoms with Gasteiger partial charge in [0.05, 0.1) is 12.4 Å². The first-order valence-corrected chi connectivity index (χ1v) is 6.00. The number of imidazole rings is 1. The van der Waals surface area contributed by atoms with Crippen LogP contribution < -0.4 is 0 Å². The molecule has 3 heterocycles. The zero-order valence-corrected chi connectivity index (χ0v) is 10.7. The Morgan fingerprint density at radius 2 is 2.17 bits per heavy atom. The maximum atomic E-state index is 5.66. The average Bonchev–Trinajstić information content (AvgIpc) is 2.96. The van der Waals surface area contributed by atoms with E-state index in [4.69, 9.17) is 4.74 Å². The van der Waals surface area contributed by atoms with Crippen molar-refractivity contribution in [3.05, 3.63) is 18.3 Å². The van der Waals surface area contributed by atoms with E-state index in [9.17, 15) is 0 Å².